The SMILES string of the molecule is COc1ccc(CNC(=O)CNC(=O)c2ccc(S(=O)(=O)N3CCN(C(C)=O)CC3)cc2)cc1. The number of nitrogens with zero attached hydrogens (tertiary/aromatic N) is 2. The zero-order chi connectivity index (χ0) is 24.7. The van der Waals surface area contributed by atoms with Gasteiger partial charge in [0, 0.05) is 45.2 Å². The van der Waals surface area contributed by atoms with Crippen molar-refractivity contribution in [1.82, 2.24) is 19.8 Å². The van der Waals surface area contributed by atoms with Gasteiger partial charge in [-0.2, -0.15) is 4.31 Å². The summed E-state index contributed by atoms with van der Waals surface area (Å²) in [5.74, 6) is -0.203. The molecule has 0 aliphatic carbocycles. The first-order chi connectivity index (χ1) is 16.2. The standard InChI is InChI=1S/C23H28N4O6S/c1-17(28)26-11-13-27(14-12-26)34(31,32)21-9-5-19(6-10-21)23(30)25-16-22(29)24-15-18-3-7-20(33-2)8-4-18/h3-10H,11-16H2,1-2H3,(H,24,29)(H,25,30). The molecule has 0 radical (unpaired) electrons. The third-order valence-corrected chi connectivity index (χ3v) is 7.41. The Morgan fingerprint density at radius 2 is 1.53 bits per heavy atom. The van der Waals surface area contributed by atoms with Crippen LogP contribution in [0.3, 0.4) is 0 Å². The zero-order valence-corrected chi connectivity index (χ0v) is 19.9. The molecule has 2 aromatic carbocycles. The van der Waals surface area contributed by atoms with Gasteiger partial charge in [-0.05, 0) is 42.0 Å². The van der Waals surface area contributed by atoms with Gasteiger partial charge in [-0.1, -0.05) is 12.1 Å². The first kappa shape index (κ1) is 25.2. The minimum absolute atomic E-state index is 0.0672. The van der Waals surface area contributed by atoms with E-state index in [4.69, 9.17) is 4.74 Å². The lowest BCUT2D eigenvalue weighted by Crippen LogP contribution is -2.49. The second kappa shape index (κ2) is 11.1. The number of hydrogen-bond donors (Lipinski definition) is 2. The van der Waals surface area contributed by atoms with Crippen LogP contribution in [-0.4, -0.2) is 75.2 Å². The Morgan fingerprint density at radius 3 is 2.09 bits per heavy atom. The van der Waals surface area contributed by atoms with Crippen molar-refractivity contribution >= 4 is 27.7 Å². The molecule has 2 aromatic rings. The fourth-order valence-corrected chi connectivity index (χ4v) is 4.86. The molecule has 34 heavy (non-hydrogen) atoms. The molecule has 11 heteroatoms. The van der Waals surface area contributed by atoms with Crippen LogP contribution >= 0.6 is 0 Å². The molecule has 0 bridgehead atoms. The Hall–Kier alpha value is -3.44. The van der Waals surface area contributed by atoms with Crippen molar-refractivity contribution in [3.05, 3.63) is 59.7 Å². The Kier molecular flexibility index (Phi) is 8.24. The molecular formula is C23H28N4O6S. The average molecular weight is 489 g/mol. The van der Waals surface area contributed by atoms with Crippen molar-refractivity contribution in [3.63, 3.8) is 0 Å². The van der Waals surface area contributed by atoms with E-state index in [-0.39, 0.29) is 41.9 Å². The molecule has 0 saturated carbocycles. The third-order valence-electron chi connectivity index (χ3n) is 5.50. The van der Waals surface area contributed by atoms with Crippen molar-refractivity contribution in [3.8, 4) is 5.75 Å². The van der Waals surface area contributed by atoms with Crippen LogP contribution in [0.5, 0.6) is 5.75 Å². The van der Waals surface area contributed by atoms with E-state index in [2.05, 4.69) is 10.6 Å². The summed E-state index contributed by atoms with van der Waals surface area (Å²) < 4.78 is 32.1. The highest BCUT2D eigenvalue weighted by Gasteiger charge is 2.29. The Morgan fingerprint density at radius 1 is 0.912 bits per heavy atom. The number of benzene rings is 2. The summed E-state index contributed by atoms with van der Waals surface area (Å²) in [5.41, 5.74) is 1.13. The molecule has 182 valence electrons. The van der Waals surface area contributed by atoms with Crippen LogP contribution in [0.25, 0.3) is 0 Å². The monoisotopic (exact) mass is 488 g/mol. The predicted molar refractivity (Wildman–Crippen MR) is 125 cm³/mol. The lowest BCUT2D eigenvalue weighted by atomic mass is 10.2. The lowest BCUT2D eigenvalue weighted by Gasteiger charge is -2.33. The van der Waals surface area contributed by atoms with E-state index in [1.54, 1.807) is 24.1 Å². The molecule has 1 saturated heterocycles. The van der Waals surface area contributed by atoms with E-state index in [0.717, 1.165) is 11.3 Å². The highest BCUT2D eigenvalue weighted by molar-refractivity contribution is 7.89. The molecule has 0 atom stereocenters. The van der Waals surface area contributed by atoms with E-state index in [1.807, 2.05) is 12.1 Å². The van der Waals surface area contributed by atoms with Crippen molar-refractivity contribution in [2.75, 3.05) is 39.8 Å². The molecule has 1 aliphatic rings. The maximum absolute atomic E-state index is 12.8. The molecule has 2 N–H and O–H groups in total. The maximum Gasteiger partial charge on any atom is 0.251 e. The Labute approximate surface area is 198 Å². The number of amides is 3. The molecule has 3 rings (SSSR count). The minimum atomic E-state index is -3.73. The van der Waals surface area contributed by atoms with Crippen molar-refractivity contribution in [2.24, 2.45) is 0 Å². The summed E-state index contributed by atoms with van der Waals surface area (Å²) in [6, 6.07) is 12.8. The van der Waals surface area contributed by atoms with E-state index in [1.165, 1.54) is 35.5 Å². The summed E-state index contributed by atoms with van der Waals surface area (Å²) in [6.45, 7) is 2.68. The number of piperazine rings is 1. The van der Waals surface area contributed by atoms with Gasteiger partial charge in [0.05, 0.1) is 18.6 Å². The number of carbonyl (C=O) groups excluding carboxylic acids is 3. The second-order valence-electron chi connectivity index (χ2n) is 7.74. The number of hydrogen-bond acceptors (Lipinski definition) is 6. The number of methoxy groups -OCH3 is 1. The number of carbonyl (C=O) groups is 3. The number of rotatable bonds is 8. The van der Waals surface area contributed by atoms with Crippen LogP contribution in [0.15, 0.2) is 53.4 Å². The van der Waals surface area contributed by atoms with E-state index < -0.39 is 15.9 Å². The normalized spacial score (nSPS) is 14.4. The summed E-state index contributed by atoms with van der Waals surface area (Å²) in [4.78, 5) is 37.5. The minimum Gasteiger partial charge on any atom is -0.497 e. The van der Waals surface area contributed by atoms with Crippen LogP contribution in [0, 0.1) is 0 Å². The fourth-order valence-electron chi connectivity index (χ4n) is 3.44. The van der Waals surface area contributed by atoms with Gasteiger partial charge in [0.25, 0.3) is 5.91 Å². The van der Waals surface area contributed by atoms with Crippen molar-refractivity contribution in [2.45, 2.75) is 18.4 Å². The van der Waals surface area contributed by atoms with Gasteiger partial charge < -0.3 is 20.3 Å². The summed E-state index contributed by atoms with van der Waals surface area (Å²) >= 11 is 0. The predicted octanol–water partition coefficient (Wildman–Crippen LogP) is 0.594. The van der Waals surface area contributed by atoms with Crippen LogP contribution in [0.1, 0.15) is 22.8 Å². The molecule has 10 nitrogen and oxygen atoms in total. The van der Waals surface area contributed by atoms with Crippen LogP contribution in [0.2, 0.25) is 0 Å². The molecule has 1 aliphatic heterocycles. The smallest absolute Gasteiger partial charge is 0.251 e. The van der Waals surface area contributed by atoms with Crippen LogP contribution in [0.4, 0.5) is 0 Å². The van der Waals surface area contributed by atoms with Crippen molar-refractivity contribution < 1.29 is 27.5 Å². The molecule has 0 aromatic heterocycles. The van der Waals surface area contributed by atoms with Crippen LogP contribution in [-0.2, 0) is 26.2 Å². The zero-order valence-electron chi connectivity index (χ0n) is 19.1. The van der Waals surface area contributed by atoms with E-state index >= 15 is 0 Å². The highest BCUT2D eigenvalue weighted by atomic mass is 32.2. The van der Waals surface area contributed by atoms with Gasteiger partial charge >= 0.3 is 0 Å². The topological polar surface area (TPSA) is 125 Å². The highest BCUT2D eigenvalue weighted by Crippen LogP contribution is 2.18. The second-order valence-corrected chi connectivity index (χ2v) is 9.68. The molecule has 1 fully saturated rings. The number of sulfonamides is 1. The van der Waals surface area contributed by atoms with Gasteiger partial charge in [-0.25, -0.2) is 8.42 Å². The lowest BCUT2D eigenvalue weighted by molar-refractivity contribution is -0.130. The number of nitrogens with one attached hydrogen (secondary N) is 2. The fraction of sp³-hybridized carbons (Fsp3) is 0.348. The van der Waals surface area contributed by atoms with Gasteiger partial charge in [0.15, 0.2) is 0 Å². The van der Waals surface area contributed by atoms with Gasteiger partial charge in [-0.3, -0.25) is 14.4 Å². The molecular weight excluding hydrogens is 460 g/mol. The third kappa shape index (κ3) is 6.33. The average Bonchev–Trinajstić information content (AvgIpc) is 2.86. The molecule has 0 unspecified atom stereocenters. The Balaban J connectivity index is 1.49. The van der Waals surface area contributed by atoms with E-state index in [9.17, 15) is 22.8 Å². The maximum atomic E-state index is 12.8. The molecule has 0 spiro atoms. The summed E-state index contributed by atoms with van der Waals surface area (Å²) in [5, 5.41) is 5.24. The number of ether oxygens (including phenoxy) is 1. The first-order valence-electron chi connectivity index (χ1n) is 10.7. The molecule has 3 amide bonds. The van der Waals surface area contributed by atoms with E-state index in [0.29, 0.717) is 19.6 Å². The molecule has 1 heterocycles. The largest absolute Gasteiger partial charge is 0.497 e. The quantitative estimate of drug-likeness (QED) is 0.561. The van der Waals surface area contributed by atoms with Gasteiger partial charge in [0.1, 0.15) is 5.75 Å². The Bertz CT molecular complexity index is 1130. The summed E-state index contributed by atoms with van der Waals surface area (Å²) in [6.07, 6.45) is 0. The van der Waals surface area contributed by atoms with Crippen LogP contribution < -0.4 is 15.4 Å². The van der Waals surface area contributed by atoms with Gasteiger partial charge in [0.2, 0.25) is 21.8 Å². The summed E-state index contributed by atoms with van der Waals surface area (Å²) in [7, 11) is -2.15. The van der Waals surface area contributed by atoms with Crippen molar-refractivity contribution in [1.29, 1.82) is 0 Å². The first-order valence-corrected chi connectivity index (χ1v) is 12.2. The van der Waals surface area contributed by atoms with Gasteiger partial charge in [-0.15, -0.1) is 0 Å².